The van der Waals surface area contributed by atoms with Crippen LogP contribution in [0.5, 0.6) is 0 Å². The monoisotopic (exact) mass is 257 g/mol. The van der Waals surface area contributed by atoms with Crippen LogP contribution in [0.4, 0.5) is 0 Å². The summed E-state index contributed by atoms with van der Waals surface area (Å²) >= 11 is 0. The van der Waals surface area contributed by atoms with Crippen molar-refractivity contribution in [3.05, 3.63) is 60.4 Å². The van der Waals surface area contributed by atoms with Gasteiger partial charge in [-0.15, -0.1) is 0 Å². The summed E-state index contributed by atoms with van der Waals surface area (Å²) in [5, 5.41) is 2.88. The molecule has 1 atom stereocenters. The van der Waals surface area contributed by atoms with Crippen LogP contribution in [0.2, 0.25) is 0 Å². The highest BCUT2D eigenvalue weighted by Gasteiger charge is 2.10. The Morgan fingerprint density at radius 2 is 1.84 bits per heavy atom. The molecule has 0 aliphatic heterocycles. The van der Waals surface area contributed by atoms with Crippen LogP contribution in [0.15, 0.2) is 54.9 Å². The lowest BCUT2D eigenvalue weighted by molar-refractivity contribution is -0.121. The minimum absolute atomic E-state index is 0.0106. The van der Waals surface area contributed by atoms with Gasteiger partial charge in [0.2, 0.25) is 5.91 Å². The number of rotatable bonds is 6. The predicted octanol–water partition coefficient (Wildman–Crippen LogP) is 1.69. The third-order valence-corrected chi connectivity index (χ3v) is 2.99. The molecule has 0 aliphatic carbocycles. The van der Waals surface area contributed by atoms with Gasteiger partial charge in [-0.1, -0.05) is 30.3 Å². The molecule has 1 heterocycles. The van der Waals surface area contributed by atoms with E-state index in [9.17, 15) is 4.79 Å². The minimum Gasteiger partial charge on any atom is -0.354 e. The lowest BCUT2D eigenvalue weighted by atomic mass is 10.0. The summed E-state index contributed by atoms with van der Waals surface area (Å²) < 4.78 is 2.03. The van der Waals surface area contributed by atoms with Crippen LogP contribution in [0.25, 0.3) is 0 Å². The third-order valence-electron chi connectivity index (χ3n) is 2.99. The molecule has 2 rings (SSSR count). The van der Waals surface area contributed by atoms with Crippen molar-refractivity contribution in [2.75, 3.05) is 6.54 Å². The molecule has 1 amide bonds. The SMILES string of the molecule is NC(CC(=O)NCCn1cccc1)c1ccccc1. The van der Waals surface area contributed by atoms with Crippen LogP contribution in [0, 0.1) is 0 Å². The minimum atomic E-state index is -0.243. The molecule has 1 aromatic heterocycles. The number of hydrogen-bond acceptors (Lipinski definition) is 2. The van der Waals surface area contributed by atoms with E-state index >= 15 is 0 Å². The third kappa shape index (κ3) is 4.26. The van der Waals surface area contributed by atoms with Crippen LogP contribution in [0.1, 0.15) is 18.0 Å². The summed E-state index contributed by atoms with van der Waals surface area (Å²) in [5.41, 5.74) is 6.99. The first-order chi connectivity index (χ1) is 9.25. The van der Waals surface area contributed by atoms with E-state index in [0.29, 0.717) is 13.0 Å². The van der Waals surface area contributed by atoms with Gasteiger partial charge in [-0.2, -0.15) is 0 Å². The first kappa shape index (κ1) is 13.4. The molecule has 2 aromatic rings. The highest BCUT2D eigenvalue weighted by molar-refractivity contribution is 5.76. The molecule has 1 aromatic carbocycles. The Hall–Kier alpha value is -2.07. The van der Waals surface area contributed by atoms with Gasteiger partial charge in [0.05, 0.1) is 0 Å². The predicted molar refractivity (Wildman–Crippen MR) is 75.4 cm³/mol. The van der Waals surface area contributed by atoms with Crippen LogP contribution in [-0.2, 0) is 11.3 Å². The normalized spacial score (nSPS) is 12.1. The quantitative estimate of drug-likeness (QED) is 0.827. The van der Waals surface area contributed by atoms with Crippen molar-refractivity contribution in [1.29, 1.82) is 0 Å². The smallest absolute Gasteiger partial charge is 0.221 e. The number of nitrogens with one attached hydrogen (secondary N) is 1. The van der Waals surface area contributed by atoms with Crippen LogP contribution < -0.4 is 11.1 Å². The van der Waals surface area contributed by atoms with Crippen LogP contribution >= 0.6 is 0 Å². The van der Waals surface area contributed by atoms with Crippen molar-refractivity contribution in [3.8, 4) is 0 Å². The van der Waals surface area contributed by atoms with Gasteiger partial charge in [-0.25, -0.2) is 0 Å². The largest absolute Gasteiger partial charge is 0.354 e. The molecule has 0 radical (unpaired) electrons. The number of carbonyl (C=O) groups excluding carboxylic acids is 1. The van der Waals surface area contributed by atoms with Crippen molar-refractivity contribution in [1.82, 2.24) is 9.88 Å². The van der Waals surface area contributed by atoms with Crippen molar-refractivity contribution < 1.29 is 4.79 Å². The van der Waals surface area contributed by atoms with E-state index in [0.717, 1.165) is 12.1 Å². The number of benzene rings is 1. The van der Waals surface area contributed by atoms with E-state index in [-0.39, 0.29) is 11.9 Å². The highest BCUT2D eigenvalue weighted by Crippen LogP contribution is 2.12. The van der Waals surface area contributed by atoms with E-state index < -0.39 is 0 Å². The molecular formula is C15H19N3O. The first-order valence-electron chi connectivity index (χ1n) is 6.43. The van der Waals surface area contributed by atoms with Crippen molar-refractivity contribution in [2.45, 2.75) is 19.0 Å². The van der Waals surface area contributed by atoms with E-state index in [4.69, 9.17) is 5.73 Å². The lowest BCUT2D eigenvalue weighted by Crippen LogP contribution is -2.30. The second-order valence-electron chi connectivity index (χ2n) is 4.49. The molecule has 19 heavy (non-hydrogen) atoms. The number of carbonyl (C=O) groups is 1. The van der Waals surface area contributed by atoms with Crippen LogP contribution in [0.3, 0.4) is 0 Å². The maximum absolute atomic E-state index is 11.8. The molecule has 0 bridgehead atoms. The molecule has 0 fully saturated rings. The summed E-state index contributed by atoms with van der Waals surface area (Å²) in [7, 11) is 0. The Bertz CT molecular complexity index is 493. The second kappa shape index (κ2) is 6.75. The van der Waals surface area contributed by atoms with Gasteiger partial charge in [0, 0.05) is 37.9 Å². The Morgan fingerprint density at radius 1 is 1.16 bits per heavy atom. The second-order valence-corrected chi connectivity index (χ2v) is 4.49. The fraction of sp³-hybridized carbons (Fsp3) is 0.267. The fourth-order valence-corrected chi connectivity index (χ4v) is 1.93. The number of nitrogens with two attached hydrogens (primary N) is 1. The number of aromatic nitrogens is 1. The molecule has 4 heteroatoms. The first-order valence-corrected chi connectivity index (χ1v) is 6.43. The van der Waals surface area contributed by atoms with E-state index in [1.165, 1.54) is 0 Å². The zero-order valence-electron chi connectivity index (χ0n) is 10.8. The summed E-state index contributed by atoms with van der Waals surface area (Å²) in [4.78, 5) is 11.8. The Labute approximate surface area is 113 Å². The maximum Gasteiger partial charge on any atom is 0.221 e. The summed E-state index contributed by atoms with van der Waals surface area (Å²) in [6.07, 6.45) is 4.26. The Balaban J connectivity index is 1.72. The van der Waals surface area contributed by atoms with Gasteiger partial charge < -0.3 is 15.6 Å². The van der Waals surface area contributed by atoms with Gasteiger partial charge in [0.25, 0.3) is 0 Å². The molecule has 3 N–H and O–H groups in total. The standard InChI is InChI=1S/C15H19N3O/c16-14(13-6-2-1-3-7-13)12-15(19)17-8-11-18-9-4-5-10-18/h1-7,9-10,14H,8,11-12,16H2,(H,17,19). The molecule has 0 spiro atoms. The molecule has 1 unspecified atom stereocenters. The van der Waals surface area contributed by atoms with Crippen LogP contribution in [-0.4, -0.2) is 17.0 Å². The fourth-order valence-electron chi connectivity index (χ4n) is 1.93. The highest BCUT2D eigenvalue weighted by atomic mass is 16.1. The van der Waals surface area contributed by atoms with Crippen molar-refractivity contribution in [3.63, 3.8) is 0 Å². The van der Waals surface area contributed by atoms with Gasteiger partial charge in [0.1, 0.15) is 0 Å². The number of amides is 1. The van der Waals surface area contributed by atoms with E-state index in [2.05, 4.69) is 5.32 Å². The number of nitrogens with zero attached hydrogens (tertiary/aromatic N) is 1. The number of hydrogen-bond donors (Lipinski definition) is 2. The molecule has 0 saturated heterocycles. The average molecular weight is 257 g/mol. The Morgan fingerprint density at radius 3 is 2.53 bits per heavy atom. The zero-order valence-corrected chi connectivity index (χ0v) is 10.8. The lowest BCUT2D eigenvalue weighted by Gasteiger charge is -2.12. The summed E-state index contributed by atoms with van der Waals surface area (Å²) in [5.74, 6) is -0.0106. The summed E-state index contributed by atoms with van der Waals surface area (Å²) in [6, 6.07) is 13.4. The van der Waals surface area contributed by atoms with Gasteiger partial charge in [-0.3, -0.25) is 4.79 Å². The molecule has 4 nitrogen and oxygen atoms in total. The van der Waals surface area contributed by atoms with E-state index in [1.807, 2.05) is 59.4 Å². The van der Waals surface area contributed by atoms with Gasteiger partial charge in [0.15, 0.2) is 0 Å². The topological polar surface area (TPSA) is 60.1 Å². The molecule has 0 aliphatic rings. The average Bonchev–Trinajstić information content (AvgIpc) is 2.93. The maximum atomic E-state index is 11.8. The van der Waals surface area contributed by atoms with Gasteiger partial charge >= 0.3 is 0 Å². The molecular weight excluding hydrogens is 238 g/mol. The van der Waals surface area contributed by atoms with Gasteiger partial charge in [-0.05, 0) is 17.7 Å². The molecule has 100 valence electrons. The zero-order chi connectivity index (χ0) is 13.5. The van der Waals surface area contributed by atoms with Crippen molar-refractivity contribution in [2.24, 2.45) is 5.73 Å². The molecule has 0 saturated carbocycles. The van der Waals surface area contributed by atoms with Crippen molar-refractivity contribution >= 4 is 5.91 Å². The summed E-state index contributed by atoms with van der Waals surface area (Å²) in [6.45, 7) is 1.40. The Kier molecular flexibility index (Phi) is 4.75. The van der Waals surface area contributed by atoms with E-state index in [1.54, 1.807) is 0 Å².